The monoisotopic (exact) mass is 712 g/mol. The molecule has 5 aromatic carbocycles. The number of anilines is 1. The Labute approximate surface area is 309 Å². The highest BCUT2D eigenvalue weighted by molar-refractivity contribution is 5.94. The van der Waals surface area contributed by atoms with Crippen LogP contribution in [0.2, 0.25) is 0 Å². The number of rotatable bonds is 11. The molecule has 4 atom stereocenters. The quantitative estimate of drug-likeness (QED) is 0.108. The van der Waals surface area contributed by atoms with E-state index in [0.29, 0.717) is 12.1 Å². The number of nitro groups is 1. The molecule has 7 rings (SSSR count). The lowest BCUT2D eigenvalue weighted by atomic mass is 9.89. The second kappa shape index (κ2) is 16.5. The molecule has 0 radical (unpaired) electrons. The van der Waals surface area contributed by atoms with Gasteiger partial charge in [0.25, 0.3) is 11.6 Å². The number of carbonyl (C=O) groups excluding carboxylic acids is 1. The molecule has 2 N–H and O–H groups in total. The van der Waals surface area contributed by atoms with Gasteiger partial charge in [-0.25, -0.2) is 0 Å². The summed E-state index contributed by atoms with van der Waals surface area (Å²) in [6, 6.07) is 40.4. The van der Waals surface area contributed by atoms with Crippen molar-refractivity contribution >= 4 is 17.3 Å². The largest absolute Gasteiger partial charge is 0.392 e. The molecule has 2 heterocycles. The zero-order valence-electron chi connectivity index (χ0n) is 29.7. The maximum atomic E-state index is 12.6. The molecular formula is C43H44N4O6. The summed E-state index contributed by atoms with van der Waals surface area (Å²) in [5.41, 5.74) is 7.65. The van der Waals surface area contributed by atoms with Crippen LogP contribution >= 0.6 is 0 Å². The molecule has 5 aromatic rings. The third-order valence-corrected chi connectivity index (χ3v) is 10.3. The summed E-state index contributed by atoms with van der Waals surface area (Å²) in [5.74, 6) is -0.0454. The number of hydrogen-bond acceptors (Lipinski definition) is 8. The van der Waals surface area contributed by atoms with Gasteiger partial charge in [0.05, 0.1) is 23.7 Å². The minimum Gasteiger partial charge on any atom is -0.392 e. The van der Waals surface area contributed by atoms with Gasteiger partial charge in [-0.2, -0.15) is 0 Å². The number of piperazine rings is 1. The van der Waals surface area contributed by atoms with Gasteiger partial charge in [0.15, 0.2) is 6.29 Å². The van der Waals surface area contributed by atoms with Gasteiger partial charge in [0, 0.05) is 74.1 Å². The molecule has 2 aliphatic heterocycles. The minimum absolute atomic E-state index is 0.0147. The van der Waals surface area contributed by atoms with E-state index in [1.54, 1.807) is 24.3 Å². The summed E-state index contributed by atoms with van der Waals surface area (Å²) in [6.45, 7) is 6.64. The molecule has 1 amide bonds. The van der Waals surface area contributed by atoms with Gasteiger partial charge < -0.3 is 24.8 Å². The fourth-order valence-electron chi connectivity index (χ4n) is 7.12. The molecule has 0 aromatic heterocycles. The molecule has 0 aliphatic carbocycles. The van der Waals surface area contributed by atoms with Crippen LogP contribution in [0.4, 0.5) is 11.4 Å². The van der Waals surface area contributed by atoms with Crippen molar-refractivity contribution in [3.05, 3.63) is 165 Å². The Hall–Kier alpha value is -5.39. The Kier molecular flexibility index (Phi) is 11.2. The van der Waals surface area contributed by atoms with Crippen LogP contribution < -0.4 is 10.2 Å². The average Bonchev–Trinajstić information content (AvgIpc) is 3.21. The number of carbonyl (C=O) groups is 1. The molecular weight excluding hydrogens is 668 g/mol. The fraction of sp³-hybridized carbons (Fsp3) is 0.279. The van der Waals surface area contributed by atoms with Gasteiger partial charge >= 0.3 is 0 Å². The van der Waals surface area contributed by atoms with E-state index >= 15 is 0 Å². The Morgan fingerprint density at radius 1 is 0.792 bits per heavy atom. The molecule has 2 aliphatic rings. The second-order valence-corrected chi connectivity index (χ2v) is 13.8. The SMILES string of the molecule is C[C@H]1[C@@H](CN2CCN(c3ccc([N+](=O)[O-])cc3)CC2)O[C@@H](c2ccc(-c3cccc(CNC(=O)c4ccccc4)c3)cc2)O[C@H]1c1ccc(CO)cc1. The number of nitro benzene ring substituents is 1. The van der Waals surface area contributed by atoms with Crippen molar-refractivity contribution in [3.8, 4) is 11.1 Å². The number of hydrogen-bond donors (Lipinski definition) is 2. The molecule has 0 bridgehead atoms. The van der Waals surface area contributed by atoms with Crippen molar-refractivity contribution in [3.63, 3.8) is 0 Å². The summed E-state index contributed by atoms with van der Waals surface area (Å²) in [4.78, 5) is 28.0. The summed E-state index contributed by atoms with van der Waals surface area (Å²) < 4.78 is 13.5. The Morgan fingerprint density at radius 3 is 2.17 bits per heavy atom. The smallest absolute Gasteiger partial charge is 0.269 e. The first-order chi connectivity index (χ1) is 25.8. The molecule has 10 nitrogen and oxygen atoms in total. The van der Waals surface area contributed by atoms with Gasteiger partial charge in [-0.3, -0.25) is 19.8 Å². The van der Waals surface area contributed by atoms with Crippen LogP contribution in [-0.4, -0.2) is 59.7 Å². The van der Waals surface area contributed by atoms with Crippen molar-refractivity contribution in [2.75, 3.05) is 37.6 Å². The van der Waals surface area contributed by atoms with Gasteiger partial charge in [-0.1, -0.05) is 91.9 Å². The van der Waals surface area contributed by atoms with Gasteiger partial charge in [0.1, 0.15) is 0 Å². The summed E-state index contributed by atoms with van der Waals surface area (Å²) >= 11 is 0. The topological polar surface area (TPSA) is 117 Å². The predicted molar refractivity (Wildman–Crippen MR) is 204 cm³/mol. The van der Waals surface area contributed by atoms with E-state index in [-0.39, 0.29) is 41.3 Å². The van der Waals surface area contributed by atoms with Crippen LogP contribution in [0.15, 0.2) is 127 Å². The normalized spacial score (nSPS) is 20.5. The van der Waals surface area contributed by atoms with E-state index < -0.39 is 6.29 Å². The number of non-ortho nitro benzene ring substituents is 1. The van der Waals surface area contributed by atoms with E-state index in [1.807, 2.05) is 66.7 Å². The van der Waals surface area contributed by atoms with Crippen molar-refractivity contribution < 1.29 is 24.3 Å². The molecule has 53 heavy (non-hydrogen) atoms. The maximum absolute atomic E-state index is 12.6. The van der Waals surface area contributed by atoms with Crippen molar-refractivity contribution in [2.45, 2.75) is 38.6 Å². The van der Waals surface area contributed by atoms with E-state index in [1.165, 1.54) is 0 Å². The standard InChI is InChI=1S/C43H44N4O6/c1-30-40(28-45-22-24-46(25-23-45)38-18-20-39(21-19-38)47(50)51)52-43(53-41(30)34-12-10-31(29-48)11-13-34)36-16-14-33(15-17-36)37-9-5-6-32(26-37)27-44-42(49)35-7-3-2-4-8-35/h2-21,26,30,40-41,43,48H,22-25,27-29H2,1H3,(H,44,49)/t30-,40+,41+,43+/m0/s1. The highest BCUT2D eigenvalue weighted by Gasteiger charge is 2.39. The van der Waals surface area contributed by atoms with Crippen molar-refractivity contribution in [2.24, 2.45) is 5.92 Å². The molecule has 0 spiro atoms. The zero-order chi connectivity index (χ0) is 36.7. The second-order valence-electron chi connectivity index (χ2n) is 13.8. The highest BCUT2D eigenvalue weighted by atomic mass is 16.7. The number of nitrogens with one attached hydrogen (secondary N) is 1. The van der Waals surface area contributed by atoms with E-state index in [4.69, 9.17) is 9.47 Å². The van der Waals surface area contributed by atoms with Crippen LogP contribution in [0.25, 0.3) is 11.1 Å². The Balaban J connectivity index is 1.04. The number of benzene rings is 5. The molecule has 2 saturated heterocycles. The summed E-state index contributed by atoms with van der Waals surface area (Å²) in [5, 5.41) is 23.8. The van der Waals surface area contributed by atoms with Crippen LogP contribution in [-0.2, 0) is 22.6 Å². The third kappa shape index (κ3) is 8.64. The van der Waals surface area contributed by atoms with Crippen LogP contribution in [0.5, 0.6) is 0 Å². The first-order valence-corrected chi connectivity index (χ1v) is 18.1. The van der Waals surface area contributed by atoms with Crippen LogP contribution in [0.3, 0.4) is 0 Å². The van der Waals surface area contributed by atoms with E-state index in [2.05, 4.69) is 58.4 Å². The summed E-state index contributed by atoms with van der Waals surface area (Å²) in [7, 11) is 0. The van der Waals surface area contributed by atoms with Crippen LogP contribution in [0, 0.1) is 16.0 Å². The number of aliphatic hydroxyl groups excluding tert-OH is 1. The van der Waals surface area contributed by atoms with E-state index in [9.17, 15) is 20.0 Å². The molecule has 2 fully saturated rings. The molecule has 0 unspecified atom stereocenters. The number of ether oxygens (including phenoxy) is 2. The molecule has 0 saturated carbocycles. The Morgan fingerprint density at radius 2 is 1.49 bits per heavy atom. The lowest BCUT2D eigenvalue weighted by Crippen LogP contribution is -2.51. The first kappa shape index (κ1) is 36.0. The fourth-order valence-corrected chi connectivity index (χ4v) is 7.12. The number of aliphatic hydroxyl groups is 1. The van der Waals surface area contributed by atoms with Crippen molar-refractivity contribution in [1.82, 2.24) is 10.2 Å². The average molecular weight is 713 g/mol. The summed E-state index contributed by atoms with van der Waals surface area (Å²) in [6.07, 6.45) is -0.895. The molecule has 272 valence electrons. The zero-order valence-corrected chi connectivity index (χ0v) is 29.7. The van der Waals surface area contributed by atoms with Gasteiger partial charge in [-0.05, 0) is 58.1 Å². The van der Waals surface area contributed by atoms with Crippen LogP contribution in [0.1, 0.15) is 51.9 Å². The lowest BCUT2D eigenvalue weighted by Gasteiger charge is -2.44. The minimum atomic E-state index is -0.575. The number of amides is 1. The highest BCUT2D eigenvalue weighted by Crippen LogP contribution is 2.42. The number of nitrogens with zero attached hydrogens (tertiary/aromatic N) is 3. The lowest BCUT2D eigenvalue weighted by molar-refractivity contribution is -0.384. The van der Waals surface area contributed by atoms with Gasteiger partial charge in [0.2, 0.25) is 0 Å². The Bertz CT molecular complexity index is 1980. The van der Waals surface area contributed by atoms with Crippen molar-refractivity contribution in [1.29, 1.82) is 0 Å². The maximum Gasteiger partial charge on any atom is 0.269 e. The first-order valence-electron chi connectivity index (χ1n) is 18.1. The van der Waals surface area contributed by atoms with E-state index in [0.717, 1.165) is 71.8 Å². The third-order valence-electron chi connectivity index (χ3n) is 10.3. The van der Waals surface area contributed by atoms with Gasteiger partial charge in [-0.15, -0.1) is 0 Å². The molecule has 10 heteroatoms. The predicted octanol–water partition coefficient (Wildman–Crippen LogP) is 7.30.